The Bertz CT molecular complexity index is 687. The maximum Gasteiger partial charge on any atom is 0.256 e. The van der Waals surface area contributed by atoms with Crippen molar-refractivity contribution in [2.24, 2.45) is 0 Å². The van der Waals surface area contributed by atoms with Crippen LogP contribution in [0, 0.1) is 0 Å². The molecule has 0 saturated carbocycles. The van der Waals surface area contributed by atoms with Gasteiger partial charge in [0.05, 0.1) is 12.1 Å². The SMILES string of the molecule is CC(C)(O)c1sccc1CN1C(=O)c2ccccc2C1O. The van der Waals surface area contributed by atoms with Gasteiger partial charge in [-0.2, -0.15) is 0 Å². The molecule has 2 N–H and O–H groups in total. The fraction of sp³-hybridized carbons (Fsp3) is 0.312. The molecule has 0 aliphatic carbocycles. The minimum absolute atomic E-state index is 0.175. The van der Waals surface area contributed by atoms with E-state index in [0.29, 0.717) is 11.1 Å². The van der Waals surface area contributed by atoms with Gasteiger partial charge in [0.15, 0.2) is 6.23 Å². The second kappa shape index (κ2) is 4.94. The van der Waals surface area contributed by atoms with Crippen molar-refractivity contribution in [2.45, 2.75) is 32.2 Å². The van der Waals surface area contributed by atoms with Gasteiger partial charge in [-0.25, -0.2) is 0 Å². The number of amides is 1. The number of hydrogen-bond donors (Lipinski definition) is 2. The number of fused-ring (bicyclic) bond motifs is 1. The molecule has 2 aromatic rings. The minimum atomic E-state index is -0.954. The number of aliphatic hydroxyl groups is 2. The predicted octanol–water partition coefficient (Wildman–Crippen LogP) is 2.62. The lowest BCUT2D eigenvalue weighted by atomic mass is 10.0. The first kappa shape index (κ1) is 14.3. The molecule has 2 heterocycles. The van der Waals surface area contributed by atoms with E-state index >= 15 is 0 Å². The van der Waals surface area contributed by atoms with Crippen molar-refractivity contribution in [3.63, 3.8) is 0 Å². The lowest BCUT2D eigenvalue weighted by molar-refractivity contribution is 0.0126. The third-order valence-corrected chi connectivity index (χ3v) is 4.94. The lowest BCUT2D eigenvalue weighted by Crippen LogP contribution is -2.28. The van der Waals surface area contributed by atoms with Gasteiger partial charge in [0.1, 0.15) is 0 Å². The van der Waals surface area contributed by atoms with Gasteiger partial charge in [-0.15, -0.1) is 11.3 Å². The molecular formula is C16H17NO3S. The molecule has 1 aromatic heterocycles. The molecule has 0 fully saturated rings. The summed E-state index contributed by atoms with van der Waals surface area (Å²) in [7, 11) is 0. The molecule has 1 unspecified atom stereocenters. The first-order chi connectivity index (χ1) is 9.89. The van der Waals surface area contributed by atoms with Crippen LogP contribution in [0.3, 0.4) is 0 Å². The van der Waals surface area contributed by atoms with Crippen LogP contribution in [0.5, 0.6) is 0 Å². The number of aliphatic hydroxyl groups excluding tert-OH is 1. The van der Waals surface area contributed by atoms with Crippen molar-refractivity contribution in [1.29, 1.82) is 0 Å². The molecule has 1 aromatic carbocycles. The van der Waals surface area contributed by atoms with Crippen LogP contribution in [0.15, 0.2) is 35.7 Å². The number of hydrogen-bond acceptors (Lipinski definition) is 4. The zero-order valence-corrected chi connectivity index (χ0v) is 12.7. The molecule has 5 heteroatoms. The Kier molecular flexibility index (Phi) is 3.36. The summed E-state index contributed by atoms with van der Waals surface area (Å²) in [6, 6.07) is 8.99. The average Bonchev–Trinajstić information content (AvgIpc) is 2.99. The van der Waals surface area contributed by atoms with Crippen molar-refractivity contribution in [3.05, 3.63) is 57.3 Å². The summed E-state index contributed by atoms with van der Waals surface area (Å²) in [6.07, 6.45) is -0.928. The summed E-state index contributed by atoms with van der Waals surface area (Å²) in [6.45, 7) is 3.73. The fourth-order valence-corrected chi connectivity index (χ4v) is 3.63. The van der Waals surface area contributed by atoms with Crippen molar-refractivity contribution in [3.8, 4) is 0 Å². The summed E-state index contributed by atoms with van der Waals surface area (Å²) >= 11 is 1.46. The van der Waals surface area contributed by atoms with E-state index in [4.69, 9.17) is 0 Å². The maximum absolute atomic E-state index is 12.4. The second-order valence-electron chi connectivity index (χ2n) is 5.73. The fourth-order valence-electron chi connectivity index (χ4n) is 2.69. The van der Waals surface area contributed by atoms with Crippen LogP contribution in [0.2, 0.25) is 0 Å². The monoisotopic (exact) mass is 303 g/mol. The van der Waals surface area contributed by atoms with E-state index in [2.05, 4.69) is 0 Å². The van der Waals surface area contributed by atoms with E-state index in [1.165, 1.54) is 16.2 Å². The smallest absolute Gasteiger partial charge is 0.256 e. The highest BCUT2D eigenvalue weighted by atomic mass is 32.1. The van der Waals surface area contributed by atoms with Crippen LogP contribution < -0.4 is 0 Å². The van der Waals surface area contributed by atoms with E-state index in [-0.39, 0.29) is 12.5 Å². The van der Waals surface area contributed by atoms with Crippen LogP contribution in [-0.2, 0) is 12.1 Å². The van der Waals surface area contributed by atoms with Gasteiger partial charge in [0.25, 0.3) is 5.91 Å². The van der Waals surface area contributed by atoms with Crippen molar-refractivity contribution < 1.29 is 15.0 Å². The largest absolute Gasteiger partial charge is 0.385 e. The topological polar surface area (TPSA) is 60.8 Å². The molecule has 0 bridgehead atoms. The number of carbonyl (C=O) groups is 1. The lowest BCUT2D eigenvalue weighted by Gasteiger charge is -2.24. The quantitative estimate of drug-likeness (QED) is 0.916. The highest BCUT2D eigenvalue weighted by Crippen LogP contribution is 2.36. The molecule has 0 spiro atoms. The summed E-state index contributed by atoms with van der Waals surface area (Å²) in [5.41, 5.74) is 1.10. The summed E-state index contributed by atoms with van der Waals surface area (Å²) < 4.78 is 0. The zero-order valence-electron chi connectivity index (χ0n) is 11.9. The standard InChI is InChI=1S/C16H17NO3S/c1-16(2,20)13-10(7-8-21-13)9-17-14(18)11-5-3-4-6-12(11)15(17)19/h3-8,14,18,20H,9H2,1-2H3. The molecule has 0 saturated heterocycles. The zero-order chi connectivity index (χ0) is 15.2. The molecule has 4 nitrogen and oxygen atoms in total. The van der Waals surface area contributed by atoms with E-state index in [0.717, 1.165) is 10.4 Å². The number of nitrogens with zero attached hydrogens (tertiary/aromatic N) is 1. The van der Waals surface area contributed by atoms with Crippen LogP contribution in [0.4, 0.5) is 0 Å². The first-order valence-corrected chi connectivity index (χ1v) is 7.65. The van der Waals surface area contributed by atoms with Crippen molar-refractivity contribution in [2.75, 3.05) is 0 Å². The first-order valence-electron chi connectivity index (χ1n) is 6.77. The highest BCUT2D eigenvalue weighted by Gasteiger charge is 2.36. The molecule has 1 atom stereocenters. The summed E-state index contributed by atoms with van der Waals surface area (Å²) in [5, 5.41) is 22.4. The van der Waals surface area contributed by atoms with Crippen molar-refractivity contribution >= 4 is 17.2 Å². The maximum atomic E-state index is 12.4. The number of benzene rings is 1. The molecule has 110 valence electrons. The second-order valence-corrected chi connectivity index (χ2v) is 6.64. The number of rotatable bonds is 3. The third kappa shape index (κ3) is 2.37. The van der Waals surface area contributed by atoms with E-state index < -0.39 is 11.8 Å². The Morgan fingerprint density at radius 1 is 1.29 bits per heavy atom. The molecule has 1 aliphatic rings. The van der Waals surface area contributed by atoms with Gasteiger partial charge in [0, 0.05) is 16.0 Å². The number of carbonyl (C=O) groups excluding carboxylic acids is 1. The molecule has 21 heavy (non-hydrogen) atoms. The van der Waals surface area contributed by atoms with Gasteiger partial charge >= 0.3 is 0 Å². The molecule has 1 aliphatic heterocycles. The van der Waals surface area contributed by atoms with Crippen LogP contribution in [-0.4, -0.2) is 21.0 Å². The Labute approximate surface area is 127 Å². The average molecular weight is 303 g/mol. The Morgan fingerprint density at radius 3 is 2.67 bits per heavy atom. The Balaban J connectivity index is 1.91. The summed E-state index contributed by atoms with van der Waals surface area (Å²) in [5.74, 6) is -0.175. The normalized spacial score (nSPS) is 18.2. The van der Waals surface area contributed by atoms with E-state index in [1.54, 1.807) is 32.0 Å². The van der Waals surface area contributed by atoms with Gasteiger partial charge in [0.2, 0.25) is 0 Å². The molecule has 3 rings (SSSR count). The molecule has 0 radical (unpaired) electrons. The van der Waals surface area contributed by atoms with Crippen LogP contribution >= 0.6 is 11.3 Å². The van der Waals surface area contributed by atoms with Gasteiger partial charge in [-0.3, -0.25) is 4.79 Å². The Hall–Kier alpha value is -1.69. The third-order valence-electron chi connectivity index (χ3n) is 3.67. The van der Waals surface area contributed by atoms with Crippen LogP contribution in [0.25, 0.3) is 0 Å². The van der Waals surface area contributed by atoms with Gasteiger partial charge in [-0.05, 0) is 36.9 Å². The van der Waals surface area contributed by atoms with E-state index in [1.807, 2.05) is 17.5 Å². The van der Waals surface area contributed by atoms with Gasteiger partial charge in [-0.1, -0.05) is 18.2 Å². The molecule has 1 amide bonds. The van der Waals surface area contributed by atoms with Gasteiger partial charge < -0.3 is 15.1 Å². The Morgan fingerprint density at radius 2 is 2.00 bits per heavy atom. The number of thiophene rings is 1. The summed E-state index contributed by atoms with van der Waals surface area (Å²) in [4.78, 5) is 14.7. The highest BCUT2D eigenvalue weighted by molar-refractivity contribution is 7.10. The van der Waals surface area contributed by atoms with Crippen LogP contribution in [0.1, 0.15) is 46.4 Å². The van der Waals surface area contributed by atoms with E-state index in [9.17, 15) is 15.0 Å². The van der Waals surface area contributed by atoms with Crippen molar-refractivity contribution in [1.82, 2.24) is 4.90 Å². The predicted molar refractivity (Wildman–Crippen MR) is 80.8 cm³/mol. The minimum Gasteiger partial charge on any atom is -0.385 e. The molecular weight excluding hydrogens is 286 g/mol.